The summed E-state index contributed by atoms with van der Waals surface area (Å²) in [7, 11) is 0. The number of carbonyl (C=O) groups excluding carboxylic acids is 1. The smallest absolute Gasteiger partial charge is 0.152 e. The summed E-state index contributed by atoms with van der Waals surface area (Å²) in [4.78, 5) is 13.6. The van der Waals surface area contributed by atoms with E-state index in [2.05, 4.69) is 11.0 Å². The van der Waals surface area contributed by atoms with E-state index >= 15 is 0 Å². The van der Waals surface area contributed by atoms with Gasteiger partial charge in [-0.25, -0.2) is 0 Å². The van der Waals surface area contributed by atoms with Gasteiger partial charge in [-0.1, -0.05) is 25.0 Å². The second-order valence-electron chi connectivity index (χ2n) is 5.13. The zero-order valence-corrected chi connectivity index (χ0v) is 10.5. The van der Waals surface area contributed by atoms with E-state index < -0.39 is 0 Å². The second kappa shape index (κ2) is 5.11. The Morgan fingerprint density at radius 1 is 1.22 bits per heavy atom. The van der Waals surface area contributed by atoms with Crippen molar-refractivity contribution >= 4 is 12.0 Å². The molecule has 0 aromatic heterocycles. The Bertz CT molecular complexity index is 430. The van der Waals surface area contributed by atoms with Gasteiger partial charge in [-0.2, -0.15) is 0 Å². The summed E-state index contributed by atoms with van der Waals surface area (Å²) >= 11 is 0. The summed E-state index contributed by atoms with van der Waals surface area (Å²) in [5.41, 5.74) is 1.87. The summed E-state index contributed by atoms with van der Waals surface area (Å²) in [6, 6.07) is 8.34. The van der Waals surface area contributed by atoms with Crippen molar-refractivity contribution in [1.82, 2.24) is 0 Å². The Morgan fingerprint density at radius 3 is 2.94 bits per heavy atom. The molecular weight excluding hydrogens is 226 g/mol. The third kappa shape index (κ3) is 2.03. The van der Waals surface area contributed by atoms with Gasteiger partial charge in [-0.15, -0.1) is 0 Å². The quantitative estimate of drug-likeness (QED) is 0.750. The molecule has 18 heavy (non-hydrogen) atoms. The maximum atomic E-state index is 11.2. The lowest BCUT2D eigenvalue weighted by molar-refractivity contribution is -0.00871. The number of rotatable bonds is 2. The summed E-state index contributed by atoms with van der Waals surface area (Å²) in [5.74, 6) is 0. The lowest BCUT2D eigenvalue weighted by Gasteiger charge is -2.45. The maximum absolute atomic E-state index is 11.2. The van der Waals surface area contributed by atoms with Crippen LogP contribution in [0.1, 0.15) is 36.0 Å². The van der Waals surface area contributed by atoms with Crippen LogP contribution in [0, 0.1) is 0 Å². The zero-order chi connectivity index (χ0) is 12.4. The van der Waals surface area contributed by atoms with E-state index in [0.717, 1.165) is 37.1 Å². The minimum absolute atomic E-state index is 0.354. The highest BCUT2D eigenvalue weighted by molar-refractivity contribution is 5.84. The van der Waals surface area contributed by atoms with Crippen LogP contribution in [-0.2, 0) is 4.74 Å². The highest BCUT2D eigenvalue weighted by atomic mass is 16.5. The third-order valence-corrected chi connectivity index (χ3v) is 4.11. The van der Waals surface area contributed by atoms with E-state index in [-0.39, 0.29) is 0 Å². The molecular formula is C15H19NO2. The van der Waals surface area contributed by atoms with Gasteiger partial charge in [0.05, 0.1) is 18.8 Å². The Kier molecular flexibility index (Phi) is 3.33. The first-order chi connectivity index (χ1) is 8.90. The van der Waals surface area contributed by atoms with E-state index in [4.69, 9.17) is 4.74 Å². The molecule has 96 valence electrons. The van der Waals surface area contributed by atoms with Crippen molar-refractivity contribution in [3.63, 3.8) is 0 Å². The molecule has 1 saturated carbocycles. The van der Waals surface area contributed by atoms with Gasteiger partial charge in [-0.05, 0) is 25.0 Å². The second-order valence-corrected chi connectivity index (χ2v) is 5.13. The van der Waals surface area contributed by atoms with Gasteiger partial charge >= 0.3 is 0 Å². The van der Waals surface area contributed by atoms with Gasteiger partial charge in [0.25, 0.3) is 0 Å². The average molecular weight is 245 g/mol. The van der Waals surface area contributed by atoms with E-state index in [1.54, 1.807) is 0 Å². The topological polar surface area (TPSA) is 29.5 Å². The average Bonchev–Trinajstić information content (AvgIpc) is 2.46. The number of ether oxygens (including phenoxy) is 1. The molecule has 1 heterocycles. The van der Waals surface area contributed by atoms with Crippen molar-refractivity contribution in [3.8, 4) is 0 Å². The number of fused-ring (bicyclic) bond motifs is 1. The van der Waals surface area contributed by atoms with Crippen LogP contribution in [0.15, 0.2) is 24.3 Å². The molecule has 1 aliphatic heterocycles. The van der Waals surface area contributed by atoms with Crippen molar-refractivity contribution < 1.29 is 9.53 Å². The lowest BCUT2D eigenvalue weighted by Crippen LogP contribution is -2.53. The highest BCUT2D eigenvalue weighted by Gasteiger charge is 2.34. The van der Waals surface area contributed by atoms with Crippen LogP contribution in [0.25, 0.3) is 0 Å². The molecule has 2 aliphatic rings. The predicted octanol–water partition coefficient (Wildman–Crippen LogP) is 2.65. The Hall–Kier alpha value is -1.35. The van der Waals surface area contributed by atoms with E-state index in [9.17, 15) is 4.79 Å². The fourth-order valence-electron chi connectivity index (χ4n) is 3.24. The molecule has 3 rings (SSSR count). The first-order valence-electron chi connectivity index (χ1n) is 6.82. The number of hydrogen-bond acceptors (Lipinski definition) is 3. The summed E-state index contributed by atoms with van der Waals surface area (Å²) in [6.07, 6.45) is 6.19. The Balaban J connectivity index is 1.91. The first-order valence-corrected chi connectivity index (χ1v) is 6.82. The van der Waals surface area contributed by atoms with Crippen LogP contribution >= 0.6 is 0 Å². The predicted molar refractivity (Wildman–Crippen MR) is 71.2 cm³/mol. The van der Waals surface area contributed by atoms with E-state index in [0.29, 0.717) is 12.1 Å². The Morgan fingerprint density at radius 2 is 2.06 bits per heavy atom. The fourth-order valence-corrected chi connectivity index (χ4v) is 3.24. The SMILES string of the molecule is O=Cc1ccccc1N1CCOC2CCCCC21. The molecule has 0 spiro atoms. The zero-order valence-electron chi connectivity index (χ0n) is 10.5. The normalized spacial score (nSPS) is 27.7. The number of benzene rings is 1. The molecule has 1 saturated heterocycles. The number of aldehydes is 1. The van der Waals surface area contributed by atoms with Gasteiger partial charge in [0, 0.05) is 17.8 Å². The number of anilines is 1. The fraction of sp³-hybridized carbons (Fsp3) is 0.533. The molecule has 1 aromatic rings. The molecule has 3 nitrogen and oxygen atoms in total. The van der Waals surface area contributed by atoms with Crippen molar-refractivity contribution in [1.29, 1.82) is 0 Å². The third-order valence-electron chi connectivity index (χ3n) is 4.11. The van der Waals surface area contributed by atoms with Crippen LogP contribution in [0.5, 0.6) is 0 Å². The van der Waals surface area contributed by atoms with Crippen LogP contribution in [-0.4, -0.2) is 31.6 Å². The van der Waals surface area contributed by atoms with Gasteiger partial charge in [0.2, 0.25) is 0 Å². The van der Waals surface area contributed by atoms with Gasteiger partial charge in [0.15, 0.2) is 6.29 Å². The summed E-state index contributed by atoms with van der Waals surface area (Å²) < 4.78 is 5.88. The van der Waals surface area contributed by atoms with Crippen molar-refractivity contribution in [2.45, 2.75) is 37.8 Å². The summed E-state index contributed by atoms with van der Waals surface area (Å²) in [5, 5.41) is 0. The van der Waals surface area contributed by atoms with E-state index in [1.807, 2.05) is 18.2 Å². The van der Waals surface area contributed by atoms with Gasteiger partial charge in [-0.3, -0.25) is 4.79 Å². The minimum atomic E-state index is 0.354. The van der Waals surface area contributed by atoms with E-state index in [1.165, 1.54) is 19.3 Å². The number of hydrogen-bond donors (Lipinski definition) is 0. The molecule has 0 bridgehead atoms. The molecule has 0 amide bonds. The van der Waals surface area contributed by atoms with Crippen LogP contribution in [0.2, 0.25) is 0 Å². The number of para-hydroxylation sites is 1. The lowest BCUT2D eigenvalue weighted by atomic mass is 9.89. The standard InChI is InChI=1S/C15H19NO2/c17-11-12-5-1-2-6-13(12)16-9-10-18-15-8-4-3-7-14(15)16/h1-2,5-6,11,14-15H,3-4,7-10H2. The minimum Gasteiger partial charge on any atom is -0.374 e. The number of nitrogens with zero attached hydrogens (tertiary/aromatic N) is 1. The van der Waals surface area contributed by atoms with Crippen LogP contribution in [0.4, 0.5) is 5.69 Å². The Labute approximate surface area is 108 Å². The van der Waals surface area contributed by atoms with Crippen molar-refractivity contribution in [2.75, 3.05) is 18.1 Å². The molecule has 2 unspecified atom stereocenters. The molecule has 2 atom stereocenters. The molecule has 0 N–H and O–H groups in total. The summed E-state index contributed by atoms with van der Waals surface area (Å²) in [6.45, 7) is 1.67. The molecule has 3 heteroatoms. The first kappa shape index (κ1) is 11.7. The van der Waals surface area contributed by atoms with Crippen molar-refractivity contribution in [2.24, 2.45) is 0 Å². The van der Waals surface area contributed by atoms with Crippen molar-refractivity contribution in [3.05, 3.63) is 29.8 Å². The monoisotopic (exact) mass is 245 g/mol. The molecule has 1 aromatic carbocycles. The largest absolute Gasteiger partial charge is 0.374 e. The maximum Gasteiger partial charge on any atom is 0.152 e. The number of morpholine rings is 1. The van der Waals surface area contributed by atoms with Crippen LogP contribution in [0.3, 0.4) is 0 Å². The molecule has 1 aliphatic carbocycles. The molecule has 0 radical (unpaired) electrons. The van der Waals surface area contributed by atoms with Crippen LogP contribution < -0.4 is 4.90 Å². The highest BCUT2D eigenvalue weighted by Crippen LogP contribution is 2.33. The van der Waals surface area contributed by atoms with Gasteiger partial charge in [0.1, 0.15) is 0 Å². The van der Waals surface area contributed by atoms with Gasteiger partial charge < -0.3 is 9.64 Å². The molecule has 2 fully saturated rings. The number of carbonyl (C=O) groups is 1.